The Bertz CT molecular complexity index is 384. The van der Waals surface area contributed by atoms with Gasteiger partial charge in [-0.3, -0.25) is 4.90 Å². The van der Waals surface area contributed by atoms with Crippen LogP contribution in [0.2, 0.25) is 5.02 Å². The average molecular weight is 257 g/mol. The Morgan fingerprint density at radius 1 is 1.53 bits per heavy atom. The molecule has 2 nitrogen and oxygen atoms in total. The molecule has 1 N–H and O–H groups in total. The zero-order valence-electron chi connectivity index (χ0n) is 10.0. The third-order valence-electron chi connectivity index (χ3n) is 3.25. The molecule has 1 atom stereocenters. The molecule has 4 heteroatoms. The van der Waals surface area contributed by atoms with Gasteiger partial charge in [-0.05, 0) is 50.2 Å². The summed E-state index contributed by atoms with van der Waals surface area (Å²) in [5.41, 5.74) is 0.997. The molecule has 2 rings (SSSR count). The van der Waals surface area contributed by atoms with E-state index < -0.39 is 0 Å². The molecule has 1 fully saturated rings. The van der Waals surface area contributed by atoms with Crippen LogP contribution in [0.25, 0.3) is 0 Å². The van der Waals surface area contributed by atoms with Crippen molar-refractivity contribution in [2.45, 2.75) is 13.0 Å². The summed E-state index contributed by atoms with van der Waals surface area (Å²) in [5, 5.41) is 3.40. The quantitative estimate of drug-likeness (QED) is 0.891. The van der Waals surface area contributed by atoms with Crippen molar-refractivity contribution in [1.29, 1.82) is 0 Å². The summed E-state index contributed by atoms with van der Waals surface area (Å²) in [4.78, 5) is 2.37. The predicted molar refractivity (Wildman–Crippen MR) is 68.7 cm³/mol. The standard InChI is InChI=1S/C13H18ClFN2/c1-16-7-11-4-5-17(9-11)8-10-2-3-12(14)13(15)6-10/h2-3,6,11,16H,4-5,7-9H2,1H3. The van der Waals surface area contributed by atoms with E-state index in [0.29, 0.717) is 0 Å². The molecule has 0 spiro atoms. The Balaban J connectivity index is 1.91. The van der Waals surface area contributed by atoms with Gasteiger partial charge in [-0.25, -0.2) is 4.39 Å². The van der Waals surface area contributed by atoms with Crippen molar-refractivity contribution in [2.24, 2.45) is 5.92 Å². The summed E-state index contributed by atoms with van der Waals surface area (Å²) >= 11 is 5.66. The molecule has 1 unspecified atom stereocenters. The molecule has 1 heterocycles. The molecular weight excluding hydrogens is 239 g/mol. The molecule has 1 aromatic carbocycles. The van der Waals surface area contributed by atoms with Crippen LogP contribution in [-0.4, -0.2) is 31.6 Å². The fraction of sp³-hybridized carbons (Fsp3) is 0.538. The number of hydrogen-bond donors (Lipinski definition) is 1. The van der Waals surface area contributed by atoms with Crippen LogP contribution in [0.3, 0.4) is 0 Å². The molecule has 0 aromatic heterocycles. The maximum absolute atomic E-state index is 13.3. The number of hydrogen-bond acceptors (Lipinski definition) is 2. The predicted octanol–water partition coefficient (Wildman–Crippen LogP) is 2.52. The normalized spacial score (nSPS) is 21.0. The van der Waals surface area contributed by atoms with E-state index >= 15 is 0 Å². The third-order valence-corrected chi connectivity index (χ3v) is 3.56. The van der Waals surface area contributed by atoms with E-state index in [-0.39, 0.29) is 10.8 Å². The van der Waals surface area contributed by atoms with E-state index in [1.165, 1.54) is 12.5 Å². The monoisotopic (exact) mass is 256 g/mol. The maximum atomic E-state index is 13.3. The van der Waals surface area contributed by atoms with Gasteiger partial charge in [-0.1, -0.05) is 17.7 Å². The molecule has 0 radical (unpaired) electrons. The Kier molecular flexibility index (Phi) is 4.37. The first-order valence-corrected chi connectivity index (χ1v) is 6.37. The van der Waals surface area contributed by atoms with Gasteiger partial charge in [0.2, 0.25) is 0 Å². The molecule has 1 saturated heterocycles. The van der Waals surface area contributed by atoms with Gasteiger partial charge < -0.3 is 5.32 Å². The number of halogens is 2. The van der Waals surface area contributed by atoms with Crippen molar-refractivity contribution >= 4 is 11.6 Å². The van der Waals surface area contributed by atoms with Crippen LogP contribution in [0, 0.1) is 11.7 Å². The topological polar surface area (TPSA) is 15.3 Å². The van der Waals surface area contributed by atoms with E-state index in [2.05, 4.69) is 10.2 Å². The second-order valence-corrected chi connectivity index (χ2v) is 5.10. The van der Waals surface area contributed by atoms with Gasteiger partial charge in [-0.2, -0.15) is 0 Å². The molecule has 17 heavy (non-hydrogen) atoms. The number of likely N-dealkylation sites (tertiary alicyclic amines) is 1. The second kappa shape index (κ2) is 5.80. The van der Waals surface area contributed by atoms with Gasteiger partial charge in [0.05, 0.1) is 5.02 Å². The zero-order chi connectivity index (χ0) is 12.3. The lowest BCUT2D eigenvalue weighted by Gasteiger charge is -2.16. The number of nitrogens with zero attached hydrogens (tertiary/aromatic N) is 1. The smallest absolute Gasteiger partial charge is 0.142 e. The Morgan fingerprint density at radius 2 is 2.35 bits per heavy atom. The Hall–Kier alpha value is -0.640. The minimum atomic E-state index is -0.324. The van der Waals surface area contributed by atoms with E-state index in [4.69, 9.17) is 11.6 Å². The highest BCUT2D eigenvalue weighted by Crippen LogP contribution is 2.20. The lowest BCUT2D eigenvalue weighted by Crippen LogP contribution is -2.24. The summed E-state index contributed by atoms with van der Waals surface area (Å²) in [6.45, 7) is 4.06. The minimum Gasteiger partial charge on any atom is -0.319 e. The van der Waals surface area contributed by atoms with Crippen molar-refractivity contribution in [2.75, 3.05) is 26.7 Å². The molecule has 1 aliphatic heterocycles. The first kappa shape index (κ1) is 12.8. The van der Waals surface area contributed by atoms with Crippen LogP contribution < -0.4 is 5.32 Å². The molecule has 0 bridgehead atoms. The fourth-order valence-corrected chi connectivity index (χ4v) is 2.53. The lowest BCUT2D eigenvalue weighted by atomic mass is 10.1. The van der Waals surface area contributed by atoms with Crippen molar-refractivity contribution < 1.29 is 4.39 Å². The summed E-state index contributed by atoms with van der Waals surface area (Å²) < 4.78 is 13.3. The van der Waals surface area contributed by atoms with Crippen molar-refractivity contribution in [1.82, 2.24) is 10.2 Å². The highest BCUT2D eigenvalue weighted by atomic mass is 35.5. The molecular formula is C13H18ClFN2. The first-order valence-electron chi connectivity index (χ1n) is 6.00. The van der Waals surface area contributed by atoms with Gasteiger partial charge in [-0.15, -0.1) is 0 Å². The lowest BCUT2D eigenvalue weighted by molar-refractivity contribution is 0.315. The van der Waals surface area contributed by atoms with Gasteiger partial charge in [0.1, 0.15) is 5.82 Å². The molecule has 94 valence electrons. The summed E-state index contributed by atoms with van der Waals surface area (Å²) in [6, 6.07) is 5.07. The van der Waals surface area contributed by atoms with Gasteiger partial charge in [0.25, 0.3) is 0 Å². The van der Waals surface area contributed by atoms with Crippen LogP contribution in [0.15, 0.2) is 18.2 Å². The largest absolute Gasteiger partial charge is 0.319 e. The van der Waals surface area contributed by atoms with Gasteiger partial charge in [0, 0.05) is 13.1 Å². The second-order valence-electron chi connectivity index (χ2n) is 4.70. The molecule has 0 amide bonds. The SMILES string of the molecule is CNCC1CCN(Cc2ccc(Cl)c(F)c2)C1. The van der Waals surface area contributed by atoms with E-state index in [0.717, 1.165) is 37.7 Å². The minimum absolute atomic E-state index is 0.197. The Morgan fingerprint density at radius 3 is 3.06 bits per heavy atom. The van der Waals surface area contributed by atoms with E-state index in [1.54, 1.807) is 6.07 Å². The summed E-state index contributed by atoms with van der Waals surface area (Å²) in [6.07, 6.45) is 1.22. The van der Waals surface area contributed by atoms with E-state index in [1.807, 2.05) is 13.1 Å². The zero-order valence-corrected chi connectivity index (χ0v) is 10.8. The van der Waals surface area contributed by atoms with E-state index in [9.17, 15) is 4.39 Å². The van der Waals surface area contributed by atoms with Crippen molar-refractivity contribution in [3.05, 3.63) is 34.6 Å². The Labute approximate surface area is 107 Å². The van der Waals surface area contributed by atoms with Crippen molar-refractivity contribution in [3.8, 4) is 0 Å². The van der Waals surface area contributed by atoms with Crippen LogP contribution in [0.4, 0.5) is 4.39 Å². The van der Waals surface area contributed by atoms with Gasteiger partial charge in [0.15, 0.2) is 0 Å². The summed E-state index contributed by atoms with van der Waals surface area (Å²) in [7, 11) is 1.98. The molecule has 1 aromatic rings. The molecule has 0 saturated carbocycles. The number of nitrogens with one attached hydrogen (secondary N) is 1. The van der Waals surface area contributed by atoms with Crippen LogP contribution in [0.5, 0.6) is 0 Å². The molecule has 1 aliphatic rings. The molecule has 0 aliphatic carbocycles. The average Bonchev–Trinajstić information content (AvgIpc) is 2.72. The highest BCUT2D eigenvalue weighted by molar-refractivity contribution is 6.30. The number of rotatable bonds is 4. The first-order chi connectivity index (χ1) is 8.19. The fourth-order valence-electron chi connectivity index (χ4n) is 2.41. The van der Waals surface area contributed by atoms with Crippen LogP contribution in [0.1, 0.15) is 12.0 Å². The van der Waals surface area contributed by atoms with Crippen LogP contribution >= 0.6 is 11.6 Å². The van der Waals surface area contributed by atoms with Crippen LogP contribution in [-0.2, 0) is 6.54 Å². The maximum Gasteiger partial charge on any atom is 0.142 e. The summed E-state index contributed by atoms with van der Waals surface area (Å²) in [5.74, 6) is 0.396. The third kappa shape index (κ3) is 3.41. The van der Waals surface area contributed by atoms with Crippen molar-refractivity contribution in [3.63, 3.8) is 0 Å². The number of benzene rings is 1. The van der Waals surface area contributed by atoms with Gasteiger partial charge >= 0.3 is 0 Å². The highest BCUT2D eigenvalue weighted by Gasteiger charge is 2.21.